The van der Waals surface area contributed by atoms with Gasteiger partial charge in [-0.15, -0.1) is 23.7 Å². The van der Waals surface area contributed by atoms with Crippen LogP contribution in [-0.4, -0.2) is 0 Å². The van der Waals surface area contributed by atoms with Crippen LogP contribution in [0.1, 0.15) is 43.5 Å². The fourth-order valence-corrected chi connectivity index (χ4v) is 2.38. The van der Waals surface area contributed by atoms with E-state index in [-0.39, 0.29) is 18.4 Å². The Balaban J connectivity index is 0.00000169. The molecule has 0 aliphatic rings. The fourth-order valence-electron chi connectivity index (χ4n) is 1.28. The SMILES string of the molecule is CCCCC[C@@H](N)c1ccc(Cl)s1.Cl. The van der Waals surface area contributed by atoms with Gasteiger partial charge in [-0.1, -0.05) is 37.8 Å². The Labute approximate surface area is 101 Å². The molecule has 4 heteroatoms. The molecule has 1 aromatic rings. The molecule has 0 fully saturated rings. The Morgan fingerprint density at radius 3 is 2.64 bits per heavy atom. The minimum absolute atomic E-state index is 0. The van der Waals surface area contributed by atoms with Crippen molar-refractivity contribution < 1.29 is 0 Å². The Morgan fingerprint density at radius 1 is 1.43 bits per heavy atom. The normalized spacial score (nSPS) is 12.2. The number of nitrogens with two attached hydrogens (primary N) is 1. The highest BCUT2D eigenvalue weighted by Gasteiger charge is 2.07. The molecular formula is C10H17Cl2NS. The standard InChI is InChI=1S/C10H16ClNS.ClH/c1-2-3-4-5-8(12)9-6-7-10(11)13-9;/h6-8H,2-5,12H2,1H3;1H/t8-;/m1./s1. The van der Waals surface area contributed by atoms with Crippen LogP contribution in [0.25, 0.3) is 0 Å². The molecule has 1 heterocycles. The molecule has 0 bridgehead atoms. The zero-order valence-electron chi connectivity index (χ0n) is 8.33. The third-order valence-corrected chi connectivity index (χ3v) is 3.44. The van der Waals surface area contributed by atoms with E-state index in [0.717, 1.165) is 10.8 Å². The minimum Gasteiger partial charge on any atom is -0.323 e. The van der Waals surface area contributed by atoms with Crippen molar-refractivity contribution >= 4 is 35.3 Å². The molecule has 0 spiro atoms. The summed E-state index contributed by atoms with van der Waals surface area (Å²) < 4.78 is 0.834. The fraction of sp³-hybridized carbons (Fsp3) is 0.600. The predicted molar refractivity (Wildman–Crippen MR) is 67.6 cm³/mol. The van der Waals surface area contributed by atoms with E-state index in [0.29, 0.717) is 0 Å². The van der Waals surface area contributed by atoms with Gasteiger partial charge in [-0.05, 0) is 18.6 Å². The van der Waals surface area contributed by atoms with Crippen LogP contribution in [0.15, 0.2) is 12.1 Å². The molecule has 1 atom stereocenters. The molecule has 1 rings (SSSR count). The van der Waals surface area contributed by atoms with Crippen molar-refractivity contribution in [2.45, 2.75) is 38.6 Å². The van der Waals surface area contributed by atoms with Gasteiger partial charge in [0, 0.05) is 10.9 Å². The smallest absolute Gasteiger partial charge is 0.0931 e. The molecule has 82 valence electrons. The van der Waals surface area contributed by atoms with E-state index in [1.54, 1.807) is 11.3 Å². The molecule has 2 N–H and O–H groups in total. The Hall–Kier alpha value is 0.240. The monoisotopic (exact) mass is 253 g/mol. The number of hydrogen-bond donors (Lipinski definition) is 1. The van der Waals surface area contributed by atoms with Crippen molar-refractivity contribution in [2.75, 3.05) is 0 Å². The first kappa shape index (κ1) is 14.2. The summed E-state index contributed by atoms with van der Waals surface area (Å²) in [7, 11) is 0. The van der Waals surface area contributed by atoms with Gasteiger partial charge in [-0.25, -0.2) is 0 Å². The second kappa shape index (κ2) is 7.52. The van der Waals surface area contributed by atoms with Gasteiger partial charge in [0.2, 0.25) is 0 Å². The van der Waals surface area contributed by atoms with Crippen LogP contribution >= 0.6 is 35.3 Å². The molecule has 0 aliphatic carbocycles. The zero-order valence-corrected chi connectivity index (χ0v) is 10.7. The van der Waals surface area contributed by atoms with Gasteiger partial charge in [-0.2, -0.15) is 0 Å². The second-order valence-electron chi connectivity index (χ2n) is 3.24. The summed E-state index contributed by atoms with van der Waals surface area (Å²) in [6.07, 6.45) is 4.81. The summed E-state index contributed by atoms with van der Waals surface area (Å²) >= 11 is 7.42. The summed E-state index contributed by atoms with van der Waals surface area (Å²) in [5.74, 6) is 0. The minimum atomic E-state index is 0. The Kier molecular flexibility index (Phi) is 7.65. The van der Waals surface area contributed by atoms with Gasteiger partial charge in [0.25, 0.3) is 0 Å². The molecule has 0 radical (unpaired) electrons. The lowest BCUT2D eigenvalue weighted by Gasteiger charge is -2.07. The van der Waals surface area contributed by atoms with Gasteiger partial charge >= 0.3 is 0 Å². The van der Waals surface area contributed by atoms with Crippen LogP contribution in [0.3, 0.4) is 0 Å². The molecule has 0 unspecified atom stereocenters. The van der Waals surface area contributed by atoms with Crippen molar-refractivity contribution in [2.24, 2.45) is 5.73 Å². The zero-order chi connectivity index (χ0) is 9.68. The van der Waals surface area contributed by atoms with E-state index in [1.165, 1.54) is 24.1 Å². The predicted octanol–water partition coefficient (Wildman–Crippen LogP) is 4.40. The van der Waals surface area contributed by atoms with Crippen LogP contribution < -0.4 is 5.73 Å². The van der Waals surface area contributed by atoms with Crippen molar-refractivity contribution in [3.63, 3.8) is 0 Å². The molecule has 1 nitrogen and oxygen atoms in total. The van der Waals surface area contributed by atoms with E-state index < -0.39 is 0 Å². The molecule has 0 aliphatic heterocycles. The molecule has 0 saturated heterocycles. The molecule has 0 aromatic carbocycles. The van der Waals surface area contributed by atoms with Crippen molar-refractivity contribution in [1.82, 2.24) is 0 Å². The summed E-state index contributed by atoms with van der Waals surface area (Å²) in [6.45, 7) is 2.20. The summed E-state index contributed by atoms with van der Waals surface area (Å²) in [5, 5.41) is 0. The quantitative estimate of drug-likeness (QED) is 0.774. The summed E-state index contributed by atoms with van der Waals surface area (Å²) in [4.78, 5) is 1.21. The van der Waals surface area contributed by atoms with Gasteiger partial charge in [0.1, 0.15) is 0 Å². The first-order valence-corrected chi connectivity index (χ1v) is 5.94. The first-order valence-electron chi connectivity index (χ1n) is 4.75. The Bertz CT molecular complexity index is 250. The lowest BCUT2D eigenvalue weighted by molar-refractivity contribution is 0.587. The van der Waals surface area contributed by atoms with Crippen molar-refractivity contribution in [1.29, 1.82) is 0 Å². The summed E-state index contributed by atoms with van der Waals surface area (Å²) in [5.41, 5.74) is 6.00. The van der Waals surface area contributed by atoms with Gasteiger partial charge in [-0.3, -0.25) is 0 Å². The maximum absolute atomic E-state index is 6.00. The number of halogens is 2. The van der Waals surface area contributed by atoms with Crippen molar-refractivity contribution in [3.05, 3.63) is 21.3 Å². The molecule has 0 saturated carbocycles. The van der Waals surface area contributed by atoms with Crippen molar-refractivity contribution in [3.8, 4) is 0 Å². The lowest BCUT2D eigenvalue weighted by Crippen LogP contribution is -2.07. The van der Waals surface area contributed by atoms with Gasteiger partial charge in [0.05, 0.1) is 4.34 Å². The average molecular weight is 254 g/mol. The van der Waals surface area contributed by atoms with E-state index >= 15 is 0 Å². The van der Waals surface area contributed by atoms with E-state index in [4.69, 9.17) is 17.3 Å². The van der Waals surface area contributed by atoms with Crippen LogP contribution in [0.2, 0.25) is 4.34 Å². The van der Waals surface area contributed by atoms with Gasteiger partial charge in [0.15, 0.2) is 0 Å². The highest BCUT2D eigenvalue weighted by atomic mass is 35.5. The molecule has 1 aromatic heterocycles. The first-order chi connectivity index (χ1) is 6.24. The third-order valence-electron chi connectivity index (χ3n) is 2.08. The second-order valence-corrected chi connectivity index (χ2v) is 4.99. The van der Waals surface area contributed by atoms with Crippen LogP contribution in [-0.2, 0) is 0 Å². The van der Waals surface area contributed by atoms with Crippen LogP contribution in [0.4, 0.5) is 0 Å². The highest BCUT2D eigenvalue weighted by molar-refractivity contribution is 7.16. The van der Waals surface area contributed by atoms with E-state index in [2.05, 4.69) is 6.92 Å². The lowest BCUT2D eigenvalue weighted by atomic mass is 10.1. The van der Waals surface area contributed by atoms with Gasteiger partial charge < -0.3 is 5.73 Å². The third kappa shape index (κ3) is 4.65. The topological polar surface area (TPSA) is 26.0 Å². The number of thiophene rings is 1. The average Bonchev–Trinajstić information content (AvgIpc) is 2.52. The Morgan fingerprint density at radius 2 is 2.14 bits per heavy atom. The number of rotatable bonds is 5. The van der Waals surface area contributed by atoms with E-state index in [1.807, 2.05) is 12.1 Å². The molecular weight excluding hydrogens is 237 g/mol. The summed E-state index contributed by atoms with van der Waals surface area (Å²) in [6, 6.07) is 4.13. The van der Waals surface area contributed by atoms with Crippen LogP contribution in [0.5, 0.6) is 0 Å². The maximum atomic E-state index is 6.00. The number of hydrogen-bond acceptors (Lipinski definition) is 2. The highest BCUT2D eigenvalue weighted by Crippen LogP contribution is 2.28. The molecule has 14 heavy (non-hydrogen) atoms. The maximum Gasteiger partial charge on any atom is 0.0931 e. The number of unbranched alkanes of at least 4 members (excludes halogenated alkanes) is 2. The van der Waals surface area contributed by atoms with Crippen LogP contribution in [0, 0.1) is 0 Å². The van der Waals surface area contributed by atoms with E-state index in [9.17, 15) is 0 Å². The molecule has 0 amide bonds. The largest absolute Gasteiger partial charge is 0.323 e.